The van der Waals surface area contributed by atoms with Crippen molar-refractivity contribution in [2.75, 3.05) is 14.1 Å². The molecule has 0 unspecified atom stereocenters. The Kier molecular flexibility index (Phi) is 3.15. The summed E-state index contributed by atoms with van der Waals surface area (Å²) in [6.07, 6.45) is 0. The van der Waals surface area contributed by atoms with Gasteiger partial charge in [-0.1, -0.05) is 0 Å². The number of halogens is 1. The van der Waals surface area contributed by atoms with Crippen molar-refractivity contribution in [2.24, 2.45) is 0 Å². The van der Waals surface area contributed by atoms with Gasteiger partial charge in [-0.05, 0) is 22.6 Å². The topological polar surface area (TPSA) is 23.5 Å². The van der Waals surface area contributed by atoms with Gasteiger partial charge in [0.1, 0.15) is 0 Å². The van der Waals surface area contributed by atoms with Crippen molar-refractivity contribution in [1.82, 2.24) is 4.90 Å². The molecule has 0 amide bonds. The predicted octanol–water partition coefficient (Wildman–Crippen LogP) is 1.34. The van der Waals surface area contributed by atoms with Crippen LogP contribution in [0, 0.1) is 0 Å². The molecule has 0 heterocycles. The van der Waals surface area contributed by atoms with Crippen LogP contribution in [-0.4, -0.2) is 24.1 Å². The second kappa shape index (κ2) is 3.12. The van der Waals surface area contributed by atoms with E-state index in [0.29, 0.717) is 5.88 Å². The Morgan fingerprint density at radius 1 is 1.71 bits per heavy atom. The molecule has 0 aliphatic carbocycles. The second-order valence-corrected chi connectivity index (χ2v) is 1.98. The maximum Gasteiger partial charge on any atom is 0.192 e. The first-order chi connectivity index (χ1) is 3.18. The zero-order chi connectivity index (χ0) is 5.86. The lowest BCUT2D eigenvalue weighted by atomic mass is 10.8. The van der Waals surface area contributed by atoms with Gasteiger partial charge in [0.05, 0.1) is 0 Å². The molecule has 0 aromatic heterocycles. The standard InChI is InChI=1S/C4H8INO/c1-6(2)4(7)3-5/h3,7H,1-2H3/b4-3-. The van der Waals surface area contributed by atoms with Gasteiger partial charge in [0.2, 0.25) is 0 Å². The van der Waals surface area contributed by atoms with Gasteiger partial charge in [-0.25, -0.2) is 0 Å². The minimum atomic E-state index is 0.292. The fourth-order valence-electron chi connectivity index (χ4n) is 0.0976. The van der Waals surface area contributed by atoms with Crippen molar-refractivity contribution >= 4 is 22.6 Å². The van der Waals surface area contributed by atoms with Crippen LogP contribution >= 0.6 is 22.6 Å². The van der Waals surface area contributed by atoms with Crippen LogP contribution in [0.15, 0.2) is 9.97 Å². The Balaban J connectivity index is 3.56. The number of hydrogen-bond donors (Lipinski definition) is 1. The summed E-state index contributed by atoms with van der Waals surface area (Å²) in [5.41, 5.74) is 0. The van der Waals surface area contributed by atoms with Crippen LogP contribution in [0.5, 0.6) is 0 Å². The van der Waals surface area contributed by atoms with E-state index in [9.17, 15) is 0 Å². The third-order valence-electron chi connectivity index (χ3n) is 0.556. The van der Waals surface area contributed by atoms with Gasteiger partial charge in [-0.3, -0.25) is 0 Å². The molecule has 1 N–H and O–H groups in total. The van der Waals surface area contributed by atoms with E-state index in [0.717, 1.165) is 0 Å². The molecule has 0 bridgehead atoms. The molecule has 0 fully saturated rings. The molecule has 0 atom stereocenters. The quantitative estimate of drug-likeness (QED) is 0.524. The first kappa shape index (κ1) is 7.07. The molecule has 0 saturated heterocycles. The molecule has 0 aliphatic heterocycles. The molecule has 0 aromatic rings. The third-order valence-corrected chi connectivity index (χ3v) is 1.11. The number of nitrogens with zero attached hydrogens (tertiary/aromatic N) is 1. The van der Waals surface area contributed by atoms with Crippen LogP contribution < -0.4 is 0 Å². The van der Waals surface area contributed by atoms with Gasteiger partial charge >= 0.3 is 0 Å². The second-order valence-electron chi connectivity index (χ2n) is 1.36. The van der Waals surface area contributed by atoms with Gasteiger partial charge in [-0.15, -0.1) is 0 Å². The van der Waals surface area contributed by atoms with Crippen molar-refractivity contribution in [1.29, 1.82) is 0 Å². The molecule has 0 spiro atoms. The third kappa shape index (κ3) is 2.73. The Hall–Kier alpha value is 0.0700. The van der Waals surface area contributed by atoms with E-state index in [1.54, 1.807) is 23.1 Å². The fraction of sp³-hybridized carbons (Fsp3) is 0.500. The molecule has 7 heavy (non-hydrogen) atoms. The van der Waals surface area contributed by atoms with Crippen LogP contribution in [0.4, 0.5) is 0 Å². The van der Waals surface area contributed by atoms with E-state index >= 15 is 0 Å². The highest BCUT2D eigenvalue weighted by molar-refractivity contribution is 14.1. The lowest BCUT2D eigenvalue weighted by Gasteiger charge is -2.07. The van der Waals surface area contributed by atoms with Crippen molar-refractivity contribution in [2.45, 2.75) is 0 Å². The Morgan fingerprint density at radius 2 is 2.14 bits per heavy atom. The molecule has 2 nitrogen and oxygen atoms in total. The predicted molar refractivity (Wildman–Crippen MR) is 38.4 cm³/mol. The van der Waals surface area contributed by atoms with Gasteiger partial charge in [0.15, 0.2) is 5.88 Å². The normalized spacial score (nSPS) is 11.6. The summed E-state index contributed by atoms with van der Waals surface area (Å²) >= 11 is 1.97. The molecule has 0 saturated carbocycles. The average molecular weight is 213 g/mol. The summed E-state index contributed by atoms with van der Waals surface area (Å²) < 4.78 is 1.61. The maximum atomic E-state index is 8.71. The van der Waals surface area contributed by atoms with Crippen molar-refractivity contribution in [3.63, 3.8) is 0 Å². The Bertz CT molecular complexity index is 79.8. The highest BCUT2D eigenvalue weighted by Crippen LogP contribution is 1.95. The van der Waals surface area contributed by atoms with Crippen LogP contribution in [0.2, 0.25) is 0 Å². The van der Waals surface area contributed by atoms with Crippen molar-refractivity contribution in [3.05, 3.63) is 9.97 Å². The van der Waals surface area contributed by atoms with E-state index in [1.165, 1.54) is 0 Å². The fourth-order valence-corrected chi connectivity index (χ4v) is 0.655. The zero-order valence-electron chi connectivity index (χ0n) is 4.35. The summed E-state index contributed by atoms with van der Waals surface area (Å²) in [6, 6.07) is 0. The Morgan fingerprint density at radius 3 is 2.14 bits per heavy atom. The highest BCUT2D eigenvalue weighted by Gasteiger charge is 1.87. The number of aliphatic hydroxyl groups excluding tert-OH is 1. The number of hydrogen-bond acceptors (Lipinski definition) is 2. The summed E-state index contributed by atoms with van der Waals surface area (Å²) in [4.78, 5) is 1.63. The molecular formula is C4H8INO. The van der Waals surface area contributed by atoms with Crippen LogP contribution in [0.3, 0.4) is 0 Å². The first-order valence-corrected chi connectivity index (χ1v) is 3.09. The lowest BCUT2D eigenvalue weighted by Crippen LogP contribution is -2.08. The molecule has 0 aromatic carbocycles. The van der Waals surface area contributed by atoms with E-state index < -0.39 is 0 Å². The summed E-state index contributed by atoms with van der Waals surface area (Å²) in [6.45, 7) is 0. The largest absolute Gasteiger partial charge is 0.494 e. The van der Waals surface area contributed by atoms with Gasteiger partial charge in [0.25, 0.3) is 0 Å². The minimum absolute atomic E-state index is 0.292. The molecular weight excluding hydrogens is 205 g/mol. The molecule has 0 radical (unpaired) electrons. The highest BCUT2D eigenvalue weighted by atomic mass is 127. The molecule has 0 aliphatic rings. The van der Waals surface area contributed by atoms with E-state index in [1.807, 2.05) is 22.6 Å². The zero-order valence-corrected chi connectivity index (χ0v) is 6.51. The van der Waals surface area contributed by atoms with Gasteiger partial charge in [0, 0.05) is 18.2 Å². The average Bonchev–Trinajstić information content (AvgIpc) is 1.65. The minimum Gasteiger partial charge on any atom is -0.494 e. The van der Waals surface area contributed by atoms with Gasteiger partial charge in [-0.2, -0.15) is 0 Å². The molecule has 0 rings (SSSR count). The number of rotatable bonds is 1. The summed E-state index contributed by atoms with van der Waals surface area (Å²) in [5.74, 6) is 0.292. The van der Waals surface area contributed by atoms with E-state index in [-0.39, 0.29) is 0 Å². The SMILES string of the molecule is CN(C)/C(O)=C/I. The molecule has 42 valence electrons. The Labute approximate surface area is 57.0 Å². The number of aliphatic hydroxyl groups is 1. The molecule has 3 heteroatoms. The van der Waals surface area contributed by atoms with Crippen LogP contribution in [0.1, 0.15) is 0 Å². The summed E-state index contributed by atoms with van der Waals surface area (Å²) in [7, 11) is 3.56. The smallest absolute Gasteiger partial charge is 0.192 e. The maximum absolute atomic E-state index is 8.71. The van der Waals surface area contributed by atoms with Crippen LogP contribution in [-0.2, 0) is 0 Å². The van der Waals surface area contributed by atoms with E-state index in [2.05, 4.69) is 0 Å². The first-order valence-electron chi connectivity index (χ1n) is 1.85. The van der Waals surface area contributed by atoms with Gasteiger partial charge < -0.3 is 10.0 Å². The van der Waals surface area contributed by atoms with Crippen molar-refractivity contribution < 1.29 is 5.11 Å². The summed E-state index contributed by atoms with van der Waals surface area (Å²) in [5, 5.41) is 8.71. The van der Waals surface area contributed by atoms with Crippen LogP contribution in [0.25, 0.3) is 0 Å². The monoisotopic (exact) mass is 213 g/mol. The lowest BCUT2D eigenvalue weighted by molar-refractivity contribution is 0.266. The van der Waals surface area contributed by atoms with E-state index in [4.69, 9.17) is 5.11 Å². The van der Waals surface area contributed by atoms with Crippen molar-refractivity contribution in [3.8, 4) is 0 Å².